The van der Waals surface area contributed by atoms with Crippen molar-refractivity contribution in [2.75, 3.05) is 5.32 Å². The SMILES string of the molecule is CCC(C(=O)Nc1ccc(Cl)cc1)[C@H]1[C@@H]2C[C@H](Oc3ccnc4ccc(F)cc34)C[C@@H]21. The molecular formula is C25H24ClFN2O2. The first kappa shape index (κ1) is 20.3. The molecule has 0 radical (unpaired) electrons. The third-order valence-electron chi connectivity index (χ3n) is 6.78. The summed E-state index contributed by atoms with van der Waals surface area (Å²) in [5.74, 6) is 1.90. The average Bonchev–Trinajstić information content (AvgIpc) is 3.23. The second-order valence-corrected chi connectivity index (χ2v) is 9.03. The average molecular weight is 439 g/mol. The summed E-state index contributed by atoms with van der Waals surface area (Å²) in [4.78, 5) is 17.2. The summed E-state index contributed by atoms with van der Waals surface area (Å²) in [6.07, 6.45) is 4.47. The zero-order valence-electron chi connectivity index (χ0n) is 17.2. The zero-order chi connectivity index (χ0) is 21.5. The molecular weight excluding hydrogens is 415 g/mol. The molecule has 3 aromatic rings. The highest BCUT2D eigenvalue weighted by Crippen LogP contribution is 2.62. The van der Waals surface area contributed by atoms with E-state index in [0.29, 0.717) is 33.9 Å². The van der Waals surface area contributed by atoms with Crippen LogP contribution in [0, 0.1) is 29.5 Å². The summed E-state index contributed by atoms with van der Waals surface area (Å²) in [6, 6.07) is 13.6. The molecule has 1 unspecified atom stereocenters. The van der Waals surface area contributed by atoms with Crippen LogP contribution in [0.3, 0.4) is 0 Å². The van der Waals surface area contributed by atoms with E-state index in [0.717, 1.165) is 30.5 Å². The smallest absolute Gasteiger partial charge is 0.227 e. The van der Waals surface area contributed by atoms with Gasteiger partial charge in [0.25, 0.3) is 0 Å². The van der Waals surface area contributed by atoms with Gasteiger partial charge >= 0.3 is 0 Å². The van der Waals surface area contributed by atoms with Gasteiger partial charge in [0.2, 0.25) is 5.91 Å². The number of amides is 1. The third kappa shape index (κ3) is 3.99. The number of benzene rings is 2. The molecule has 2 saturated carbocycles. The van der Waals surface area contributed by atoms with Crippen molar-refractivity contribution in [2.45, 2.75) is 32.3 Å². The second kappa shape index (κ2) is 8.12. The minimum Gasteiger partial charge on any atom is -0.490 e. The van der Waals surface area contributed by atoms with Crippen LogP contribution in [0.2, 0.25) is 5.02 Å². The Bertz CT molecular complexity index is 1110. The lowest BCUT2D eigenvalue weighted by Gasteiger charge is -2.21. The zero-order valence-corrected chi connectivity index (χ0v) is 18.0. The van der Waals surface area contributed by atoms with Crippen LogP contribution in [0.4, 0.5) is 10.1 Å². The van der Waals surface area contributed by atoms with E-state index in [2.05, 4.69) is 17.2 Å². The van der Waals surface area contributed by atoms with Crippen molar-refractivity contribution in [1.82, 2.24) is 4.98 Å². The van der Waals surface area contributed by atoms with E-state index in [9.17, 15) is 9.18 Å². The standard InChI is InChI=1S/C25H24ClFN2O2/c1-2-18(25(30)29-16-6-3-14(26)4-7-16)24-19-12-17(13-20(19)24)31-23-9-10-28-22-8-5-15(27)11-21(22)23/h3-11,17-20,24H,2,12-13H2,1H3,(H,29,30)/t17-,18?,19+,20-,24-. The molecule has 5 rings (SSSR count). The number of aromatic nitrogens is 1. The molecule has 2 aliphatic rings. The van der Waals surface area contributed by atoms with E-state index in [1.54, 1.807) is 30.5 Å². The van der Waals surface area contributed by atoms with Crippen molar-refractivity contribution in [3.05, 3.63) is 65.6 Å². The Hall–Kier alpha value is -2.66. The third-order valence-corrected chi connectivity index (χ3v) is 7.03. The number of carbonyl (C=O) groups is 1. The Morgan fingerprint density at radius 2 is 1.94 bits per heavy atom. The van der Waals surface area contributed by atoms with E-state index >= 15 is 0 Å². The number of carbonyl (C=O) groups excluding carboxylic acids is 1. The van der Waals surface area contributed by atoms with Gasteiger partial charge in [0.1, 0.15) is 11.6 Å². The number of hydrogen-bond donors (Lipinski definition) is 1. The van der Waals surface area contributed by atoms with Gasteiger partial charge in [-0.2, -0.15) is 0 Å². The normalized spacial score (nSPS) is 25.1. The minimum absolute atomic E-state index is 0.00230. The predicted octanol–water partition coefficient (Wildman–Crippen LogP) is 6.10. The van der Waals surface area contributed by atoms with E-state index in [-0.39, 0.29) is 23.7 Å². The highest BCUT2D eigenvalue weighted by molar-refractivity contribution is 6.30. The van der Waals surface area contributed by atoms with Gasteiger partial charge in [0, 0.05) is 28.2 Å². The molecule has 5 atom stereocenters. The van der Waals surface area contributed by atoms with Gasteiger partial charge in [-0.3, -0.25) is 9.78 Å². The van der Waals surface area contributed by atoms with Crippen molar-refractivity contribution < 1.29 is 13.9 Å². The van der Waals surface area contributed by atoms with Gasteiger partial charge < -0.3 is 10.1 Å². The number of halogens is 2. The molecule has 1 heterocycles. The fourth-order valence-electron chi connectivity index (χ4n) is 5.31. The van der Waals surface area contributed by atoms with Crippen LogP contribution < -0.4 is 10.1 Å². The molecule has 1 N–H and O–H groups in total. The lowest BCUT2D eigenvalue weighted by Crippen LogP contribution is -2.27. The van der Waals surface area contributed by atoms with Crippen LogP contribution in [-0.4, -0.2) is 17.0 Å². The number of pyridine rings is 1. The molecule has 1 amide bonds. The number of hydrogen-bond acceptors (Lipinski definition) is 3. The number of rotatable bonds is 6. The molecule has 6 heteroatoms. The first-order valence-corrected chi connectivity index (χ1v) is 11.2. The summed E-state index contributed by atoms with van der Waals surface area (Å²) >= 11 is 5.93. The predicted molar refractivity (Wildman–Crippen MR) is 120 cm³/mol. The molecule has 160 valence electrons. The van der Waals surface area contributed by atoms with E-state index in [4.69, 9.17) is 16.3 Å². The quantitative estimate of drug-likeness (QED) is 0.506. The molecule has 4 nitrogen and oxygen atoms in total. The molecule has 2 fully saturated rings. The first-order chi connectivity index (χ1) is 15.0. The summed E-state index contributed by atoms with van der Waals surface area (Å²) in [6.45, 7) is 2.08. The van der Waals surface area contributed by atoms with E-state index < -0.39 is 0 Å². The molecule has 0 saturated heterocycles. The van der Waals surface area contributed by atoms with Gasteiger partial charge in [0.15, 0.2) is 0 Å². The lowest BCUT2D eigenvalue weighted by molar-refractivity contribution is -0.121. The first-order valence-electron chi connectivity index (χ1n) is 10.8. The lowest BCUT2D eigenvalue weighted by atomic mass is 9.93. The van der Waals surface area contributed by atoms with Crippen LogP contribution in [0.1, 0.15) is 26.2 Å². The Kier molecular flexibility index (Phi) is 5.30. The highest BCUT2D eigenvalue weighted by Gasteiger charge is 2.60. The molecule has 2 aromatic carbocycles. The van der Waals surface area contributed by atoms with Crippen LogP contribution in [0.25, 0.3) is 10.9 Å². The maximum Gasteiger partial charge on any atom is 0.227 e. The number of nitrogens with one attached hydrogen (secondary N) is 1. The molecule has 1 aromatic heterocycles. The summed E-state index contributed by atoms with van der Waals surface area (Å²) in [5.41, 5.74) is 1.50. The Labute approximate surface area is 185 Å². The van der Waals surface area contributed by atoms with Gasteiger partial charge in [-0.25, -0.2) is 4.39 Å². The minimum atomic E-state index is -0.294. The fraction of sp³-hybridized carbons (Fsp3) is 0.360. The summed E-state index contributed by atoms with van der Waals surface area (Å²) in [5, 5.41) is 4.39. The van der Waals surface area contributed by atoms with Crippen molar-refractivity contribution in [3.63, 3.8) is 0 Å². The van der Waals surface area contributed by atoms with Crippen LogP contribution in [-0.2, 0) is 4.79 Å². The summed E-state index contributed by atoms with van der Waals surface area (Å²) < 4.78 is 20.0. The monoisotopic (exact) mass is 438 g/mol. The van der Waals surface area contributed by atoms with Crippen LogP contribution >= 0.6 is 11.6 Å². The van der Waals surface area contributed by atoms with Crippen molar-refractivity contribution in [1.29, 1.82) is 0 Å². The Balaban J connectivity index is 1.22. The number of anilines is 1. The number of nitrogens with zero attached hydrogens (tertiary/aromatic N) is 1. The van der Waals surface area contributed by atoms with Gasteiger partial charge in [-0.15, -0.1) is 0 Å². The Morgan fingerprint density at radius 3 is 2.65 bits per heavy atom. The maximum atomic E-state index is 13.7. The van der Waals surface area contributed by atoms with Gasteiger partial charge in [-0.05, 0) is 85.5 Å². The number of ether oxygens (including phenoxy) is 1. The fourth-order valence-corrected chi connectivity index (χ4v) is 5.44. The molecule has 2 aliphatic carbocycles. The van der Waals surface area contributed by atoms with Gasteiger partial charge in [0.05, 0.1) is 11.6 Å². The molecule has 0 aliphatic heterocycles. The molecule has 0 bridgehead atoms. The topological polar surface area (TPSA) is 51.2 Å². The maximum absolute atomic E-state index is 13.7. The van der Waals surface area contributed by atoms with E-state index in [1.165, 1.54) is 12.1 Å². The largest absolute Gasteiger partial charge is 0.490 e. The van der Waals surface area contributed by atoms with Crippen molar-refractivity contribution >= 4 is 34.1 Å². The van der Waals surface area contributed by atoms with Crippen molar-refractivity contribution in [2.24, 2.45) is 23.7 Å². The second-order valence-electron chi connectivity index (χ2n) is 8.60. The number of fused-ring (bicyclic) bond motifs is 2. The molecule has 31 heavy (non-hydrogen) atoms. The van der Waals surface area contributed by atoms with E-state index in [1.807, 2.05) is 12.1 Å². The van der Waals surface area contributed by atoms with Gasteiger partial charge in [-0.1, -0.05) is 18.5 Å². The Morgan fingerprint density at radius 1 is 1.19 bits per heavy atom. The molecule has 0 spiro atoms. The summed E-state index contributed by atoms with van der Waals surface area (Å²) in [7, 11) is 0. The van der Waals surface area contributed by atoms with Crippen LogP contribution in [0.15, 0.2) is 54.7 Å². The van der Waals surface area contributed by atoms with Crippen LogP contribution in [0.5, 0.6) is 5.75 Å². The highest BCUT2D eigenvalue weighted by atomic mass is 35.5. The van der Waals surface area contributed by atoms with Crippen molar-refractivity contribution in [3.8, 4) is 5.75 Å².